The standard InChI is InChI=1S/C17H20N2O3S/c1-18(12-17(20)19(2)15-8-9-15)23(21,22)16-10-7-13-5-3-4-6-14(13)11-16/h3-7,10-11,15H,8-9,12H2,1-2H3. The lowest BCUT2D eigenvalue weighted by Crippen LogP contribution is -2.40. The zero-order chi connectivity index (χ0) is 16.6. The largest absolute Gasteiger partial charge is 0.342 e. The van der Waals surface area contributed by atoms with Gasteiger partial charge in [-0.15, -0.1) is 0 Å². The van der Waals surface area contributed by atoms with Gasteiger partial charge in [-0.05, 0) is 35.7 Å². The summed E-state index contributed by atoms with van der Waals surface area (Å²) in [4.78, 5) is 14.0. The third-order valence-corrected chi connectivity index (χ3v) is 6.07. The maximum atomic E-state index is 12.7. The molecule has 6 heteroatoms. The first-order chi connectivity index (χ1) is 10.9. The molecule has 3 rings (SSSR count). The van der Waals surface area contributed by atoms with E-state index in [1.165, 1.54) is 7.05 Å². The van der Waals surface area contributed by atoms with Crippen molar-refractivity contribution in [3.63, 3.8) is 0 Å². The molecule has 1 saturated carbocycles. The highest BCUT2D eigenvalue weighted by molar-refractivity contribution is 7.89. The van der Waals surface area contributed by atoms with Crippen LogP contribution in [0.4, 0.5) is 0 Å². The molecule has 1 amide bonds. The van der Waals surface area contributed by atoms with E-state index >= 15 is 0 Å². The Morgan fingerprint density at radius 1 is 1.09 bits per heavy atom. The predicted molar refractivity (Wildman–Crippen MR) is 89.6 cm³/mol. The van der Waals surface area contributed by atoms with Gasteiger partial charge in [-0.25, -0.2) is 8.42 Å². The Bertz CT molecular complexity index is 844. The third-order valence-electron chi connectivity index (χ3n) is 4.28. The number of benzene rings is 2. The van der Waals surface area contributed by atoms with Crippen molar-refractivity contribution in [3.05, 3.63) is 42.5 Å². The van der Waals surface area contributed by atoms with Crippen LogP contribution in [-0.4, -0.2) is 50.2 Å². The number of fused-ring (bicyclic) bond motifs is 1. The number of amides is 1. The van der Waals surface area contributed by atoms with Crippen molar-refractivity contribution < 1.29 is 13.2 Å². The van der Waals surface area contributed by atoms with Gasteiger partial charge in [0, 0.05) is 20.1 Å². The van der Waals surface area contributed by atoms with Gasteiger partial charge in [0.25, 0.3) is 0 Å². The molecule has 0 spiro atoms. The second-order valence-corrected chi connectivity index (χ2v) is 8.05. The van der Waals surface area contributed by atoms with Crippen molar-refractivity contribution >= 4 is 26.7 Å². The summed E-state index contributed by atoms with van der Waals surface area (Å²) in [5, 5.41) is 1.85. The Morgan fingerprint density at radius 3 is 2.39 bits per heavy atom. The molecule has 0 bridgehead atoms. The molecule has 2 aromatic carbocycles. The van der Waals surface area contributed by atoms with Crippen LogP contribution in [-0.2, 0) is 14.8 Å². The first kappa shape index (κ1) is 16.0. The van der Waals surface area contributed by atoms with Crippen molar-refractivity contribution in [1.82, 2.24) is 9.21 Å². The van der Waals surface area contributed by atoms with E-state index in [2.05, 4.69) is 0 Å². The van der Waals surface area contributed by atoms with Crippen molar-refractivity contribution in [1.29, 1.82) is 0 Å². The van der Waals surface area contributed by atoms with Gasteiger partial charge in [0.1, 0.15) is 0 Å². The van der Waals surface area contributed by atoms with Crippen molar-refractivity contribution in [2.45, 2.75) is 23.8 Å². The lowest BCUT2D eigenvalue weighted by molar-refractivity contribution is -0.130. The van der Waals surface area contributed by atoms with E-state index in [9.17, 15) is 13.2 Å². The predicted octanol–water partition coefficient (Wildman–Crippen LogP) is 2.08. The zero-order valence-electron chi connectivity index (χ0n) is 13.3. The van der Waals surface area contributed by atoms with Crippen molar-refractivity contribution in [2.75, 3.05) is 20.6 Å². The van der Waals surface area contributed by atoms with Crippen LogP contribution in [0.3, 0.4) is 0 Å². The molecule has 1 fully saturated rings. The fraction of sp³-hybridized carbons (Fsp3) is 0.353. The van der Waals surface area contributed by atoms with E-state index in [1.54, 1.807) is 30.1 Å². The highest BCUT2D eigenvalue weighted by atomic mass is 32.2. The third kappa shape index (κ3) is 3.23. The van der Waals surface area contributed by atoms with E-state index < -0.39 is 10.0 Å². The topological polar surface area (TPSA) is 57.7 Å². The average Bonchev–Trinajstić information content (AvgIpc) is 3.38. The average molecular weight is 332 g/mol. The summed E-state index contributed by atoms with van der Waals surface area (Å²) >= 11 is 0. The van der Waals surface area contributed by atoms with Crippen LogP contribution >= 0.6 is 0 Å². The number of carbonyl (C=O) groups is 1. The van der Waals surface area contributed by atoms with E-state index in [0.717, 1.165) is 27.9 Å². The number of likely N-dealkylation sites (N-methyl/N-ethyl adjacent to an activating group) is 2. The summed E-state index contributed by atoms with van der Waals surface area (Å²) in [6.07, 6.45) is 2.01. The maximum absolute atomic E-state index is 12.7. The van der Waals surface area contributed by atoms with E-state index in [4.69, 9.17) is 0 Å². The number of sulfonamides is 1. The molecule has 1 aliphatic rings. The summed E-state index contributed by atoms with van der Waals surface area (Å²) in [5.74, 6) is -0.167. The van der Waals surface area contributed by atoms with Crippen LogP contribution in [0, 0.1) is 0 Å². The molecule has 122 valence electrons. The fourth-order valence-electron chi connectivity index (χ4n) is 2.56. The Morgan fingerprint density at radius 2 is 1.74 bits per heavy atom. The SMILES string of the molecule is CN(C(=O)CN(C)S(=O)(=O)c1ccc2ccccc2c1)C1CC1. The Balaban J connectivity index is 1.82. The molecule has 2 aromatic rings. The molecular weight excluding hydrogens is 312 g/mol. The van der Waals surface area contributed by atoms with Crippen LogP contribution < -0.4 is 0 Å². The quantitative estimate of drug-likeness (QED) is 0.842. The normalized spacial score (nSPS) is 15.1. The van der Waals surface area contributed by atoms with E-state index in [1.807, 2.05) is 24.3 Å². The summed E-state index contributed by atoms with van der Waals surface area (Å²) in [7, 11) is -0.498. The molecule has 0 atom stereocenters. The van der Waals surface area contributed by atoms with Crippen molar-refractivity contribution in [2.24, 2.45) is 0 Å². The molecule has 5 nitrogen and oxygen atoms in total. The molecule has 0 unspecified atom stereocenters. The van der Waals surface area contributed by atoms with Gasteiger partial charge in [-0.3, -0.25) is 4.79 Å². The summed E-state index contributed by atoms with van der Waals surface area (Å²) < 4.78 is 26.5. The lowest BCUT2D eigenvalue weighted by Gasteiger charge is -2.21. The van der Waals surface area contributed by atoms with E-state index in [0.29, 0.717) is 0 Å². The highest BCUT2D eigenvalue weighted by Gasteiger charge is 2.31. The van der Waals surface area contributed by atoms with Crippen LogP contribution in [0.2, 0.25) is 0 Å². The molecular formula is C17H20N2O3S. The van der Waals surface area contributed by atoms with Gasteiger partial charge >= 0.3 is 0 Å². The molecule has 0 aromatic heterocycles. The van der Waals surface area contributed by atoms with Gasteiger partial charge < -0.3 is 4.90 Å². The molecule has 23 heavy (non-hydrogen) atoms. The summed E-state index contributed by atoms with van der Waals surface area (Å²) in [6.45, 7) is -0.137. The van der Waals surface area contributed by atoms with Crippen molar-refractivity contribution in [3.8, 4) is 0 Å². The van der Waals surface area contributed by atoms with Crippen LogP contribution in [0.15, 0.2) is 47.4 Å². The van der Waals surface area contributed by atoms with Gasteiger partial charge in [-0.1, -0.05) is 30.3 Å². The van der Waals surface area contributed by atoms with Gasteiger partial charge in [0.05, 0.1) is 11.4 Å². The minimum absolute atomic E-state index is 0.137. The van der Waals surface area contributed by atoms with Crippen LogP contribution in [0.1, 0.15) is 12.8 Å². The number of nitrogens with zero attached hydrogens (tertiary/aromatic N) is 2. The molecule has 0 radical (unpaired) electrons. The minimum Gasteiger partial charge on any atom is -0.342 e. The van der Waals surface area contributed by atoms with Crippen LogP contribution in [0.5, 0.6) is 0 Å². The summed E-state index contributed by atoms with van der Waals surface area (Å²) in [6, 6.07) is 12.9. The minimum atomic E-state index is -3.68. The monoisotopic (exact) mass is 332 g/mol. The Hall–Kier alpha value is -1.92. The second kappa shape index (κ2) is 5.94. The maximum Gasteiger partial charge on any atom is 0.243 e. The van der Waals surface area contributed by atoms with Gasteiger partial charge in [0.15, 0.2) is 0 Å². The molecule has 0 aliphatic heterocycles. The van der Waals surface area contributed by atoms with Crippen LogP contribution in [0.25, 0.3) is 10.8 Å². The Labute approximate surface area is 136 Å². The first-order valence-electron chi connectivity index (χ1n) is 7.60. The van der Waals surface area contributed by atoms with Gasteiger partial charge in [0.2, 0.25) is 15.9 Å². The molecule has 0 heterocycles. The molecule has 0 saturated heterocycles. The number of carbonyl (C=O) groups excluding carboxylic acids is 1. The first-order valence-corrected chi connectivity index (χ1v) is 9.04. The second-order valence-electron chi connectivity index (χ2n) is 6.01. The highest BCUT2D eigenvalue weighted by Crippen LogP contribution is 2.26. The molecule has 1 aliphatic carbocycles. The van der Waals surface area contributed by atoms with Gasteiger partial charge in [-0.2, -0.15) is 4.31 Å². The number of hydrogen-bond acceptors (Lipinski definition) is 3. The summed E-state index contributed by atoms with van der Waals surface area (Å²) in [5.41, 5.74) is 0. The number of hydrogen-bond donors (Lipinski definition) is 0. The number of rotatable bonds is 5. The lowest BCUT2D eigenvalue weighted by atomic mass is 10.1. The fourth-order valence-corrected chi connectivity index (χ4v) is 3.72. The Kier molecular flexibility index (Phi) is 4.12. The van der Waals surface area contributed by atoms with E-state index in [-0.39, 0.29) is 23.4 Å². The smallest absolute Gasteiger partial charge is 0.243 e. The molecule has 0 N–H and O–H groups in total. The zero-order valence-corrected chi connectivity index (χ0v) is 14.1.